The number of aromatic nitrogens is 2. The highest BCUT2D eigenvalue weighted by atomic mass is 32.2. The molecule has 7 heteroatoms. The van der Waals surface area contributed by atoms with Crippen molar-refractivity contribution < 1.29 is 8.42 Å². The molecule has 1 fully saturated rings. The van der Waals surface area contributed by atoms with Gasteiger partial charge in [-0.1, -0.05) is 48.5 Å². The monoisotopic (exact) mass is 436 g/mol. The number of imidazole rings is 1. The number of sulfonamides is 1. The van der Waals surface area contributed by atoms with Crippen LogP contribution >= 0.6 is 0 Å². The fraction of sp³-hybridized carbons (Fsp3) is 0.375. The largest absolute Gasteiger partial charge is 0.361 e. The summed E-state index contributed by atoms with van der Waals surface area (Å²) in [4.78, 5) is 9.77. The molecule has 1 unspecified atom stereocenters. The number of hydrogen-bond donors (Lipinski definition) is 1. The molecule has 0 amide bonds. The maximum atomic E-state index is 13.2. The number of para-hydroxylation sites is 1. The highest BCUT2D eigenvalue weighted by Crippen LogP contribution is 2.36. The van der Waals surface area contributed by atoms with Gasteiger partial charge in [0.2, 0.25) is 10.0 Å². The minimum absolute atomic E-state index is 0.0701. The molecule has 1 aromatic heterocycles. The Hall–Kier alpha value is -2.64. The summed E-state index contributed by atoms with van der Waals surface area (Å²) in [5, 5.41) is -0.200. The van der Waals surface area contributed by atoms with Gasteiger partial charge in [0.05, 0.1) is 23.8 Å². The Morgan fingerprint density at radius 1 is 1.03 bits per heavy atom. The Balaban J connectivity index is 1.50. The first-order valence-electron chi connectivity index (χ1n) is 11.0. The van der Waals surface area contributed by atoms with Crippen LogP contribution in [-0.2, 0) is 29.5 Å². The van der Waals surface area contributed by atoms with Crippen LogP contribution in [0.25, 0.3) is 0 Å². The summed E-state index contributed by atoms with van der Waals surface area (Å²) in [6.07, 6.45) is 6.90. The predicted molar refractivity (Wildman–Crippen MR) is 122 cm³/mol. The van der Waals surface area contributed by atoms with E-state index >= 15 is 0 Å². The predicted octanol–water partition coefficient (Wildman–Crippen LogP) is 3.73. The molecule has 0 radical (unpaired) electrons. The maximum Gasteiger partial charge on any atom is 0.217 e. The van der Waals surface area contributed by atoms with Crippen molar-refractivity contribution >= 4 is 15.7 Å². The molecule has 2 aromatic carbocycles. The Morgan fingerprint density at radius 3 is 2.55 bits per heavy atom. The average molecular weight is 437 g/mol. The molecule has 3 aromatic rings. The Morgan fingerprint density at radius 2 is 1.81 bits per heavy atom. The van der Waals surface area contributed by atoms with E-state index in [-0.39, 0.29) is 11.3 Å². The molecule has 0 saturated heterocycles. The quantitative estimate of drug-likeness (QED) is 0.613. The molecule has 0 bridgehead atoms. The molecule has 1 aliphatic heterocycles. The van der Waals surface area contributed by atoms with Gasteiger partial charge in [-0.25, -0.2) is 13.4 Å². The van der Waals surface area contributed by atoms with Crippen molar-refractivity contribution in [3.63, 3.8) is 0 Å². The number of nitrogens with one attached hydrogen (secondary N) is 1. The van der Waals surface area contributed by atoms with Gasteiger partial charge in [0, 0.05) is 31.0 Å². The number of benzene rings is 2. The lowest BCUT2D eigenvalue weighted by molar-refractivity contribution is 0.369. The molecule has 1 saturated carbocycles. The van der Waals surface area contributed by atoms with Crippen molar-refractivity contribution in [3.8, 4) is 0 Å². The zero-order valence-corrected chi connectivity index (χ0v) is 18.3. The van der Waals surface area contributed by atoms with E-state index in [0.717, 1.165) is 42.6 Å². The Labute approximate surface area is 184 Å². The Kier molecular flexibility index (Phi) is 5.54. The summed E-state index contributed by atoms with van der Waals surface area (Å²) in [6, 6.07) is 18.7. The van der Waals surface area contributed by atoms with E-state index in [1.54, 1.807) is 10.6 Å². The number of aryl methyl sites for hydroxylation is 1. The minimum Gasteiger partial charge on any atom is -0.361 e. The average Bonchev–Trinajstić information content (AvgIpc) is 3.55. The number of nitrogens with zero attached hydrogens (tertiary/aromatic N) is 3. The van der Waals surface area contributed by atoms with Crippen molar-refractivity contribution in [1.82, 2.24) is 14.3 Å². The summed E-state index contributed by atoms with van der Waals surface area (Å²) >= 11 is 0. The Bertz CT molecular complexity index is 1110. The summed E-state index contributed by atoms with van der Waals surface area (Å²) in [7, 11) is -3.27. The molecule has 1 aliphatic carbocycles. The summed E-state index contributed by atoms with van der Waals surface area (Å²) < 4.78 is 28.2. The van der Waals surface area contributed by atoms with Crippen LogP contribution in [-0.4, -0.2) is 40.5 Å². The highest BCUT2D eigenvalue weighted by molar-refractivity contribution is 7.90. The van der Waals surface area contributed by atoms with E-state index in [4.69, 9.17) is 0 Å². The third-order valence-corrected chi connectivity index (χ3v) is 8.62. The van der Waals surface area contributed by atoms with E-state index in [1.807, 2.05) is 24.4 Å². The van der Waals surface area contributed by atoms with Crippen LogP contribution in [0.1, 0.15) is 36.1 Å². The number of H-pyrrole nitrogens is 1. The number of fused-ring (bicyclic) bond motifs is 1. The second-order valence-electron chi connectivity index (χ2n) is 8.55. The standard InChI is InChI=1S/C24H28N4O2S/c29-31(30,23-12-13-23)27-15-20-8-4-5-9-24(20)28(16-21-14-25-18-26-21)22(17-27)11-10-19-6-2-1-3-7-19/h1-9,14,18,22-23H,10-13,15-17H2,(H,25,26). The molecule has 2 aliphatic rings. The maximum absolute atomic E-state index is 13.2. The second kappa shape index (κ2) is 8.48. The summed E-state index contributed by atoms with van der Waals surface area (Å²) in [5.41, 5.74) is 4.48. The van der Waals surface area contributed by atoms with Crippen LogP contribution in [0.2, 0.25) is 0 Å². The lowest BCUT2D eigenvalue weighted by Gasteiger charge is -2.34. The van der Waals surface area contributed by atoms with E-state index in [1.165, 1.54) is 5.56 Å². The fourth-order valence-corrected chi connectivity index (χ4v) is 6.33. The zero-order chi connectivity index (χ0) is 21.3. The first kappa shape index (κ1) is 20.3. The van der Waals surface area contributed by atoms with Crippen molar-refractivity contribution in [2.75, 3.05) is 11.4 Å². The van der Waals surface area contributed by atoms with Gasteiger partial charge in [-0.3, -0.25) is 0 Å². The molecule has 0 spiro atoms. The molecule has 5 rings (SSSR count). The van der Waals surface area contributed by atoms with Crippen LogP contribution in [0.4, 0.5) is 5.69 Å². The molecular weight excluding hydrogens is 408 g/mol. The number of aromatic amines is 1. The lowest BCUT2D eigenvalue weighted by atomic mass is 10.0. The number of rotatable bonds is 7. The number of hydrogen-bond acceptors (Lipinski definition) is 4. The van der Waals surface area contributed by atoms with E-state index in [2.05, 4.69) is 51.3 Å². The van der Waals surface area contributed by atoms with Crippen molar-refractivity contribution in [2.24, 2.45) is 0 Å². The van der Waals surface area contributed by atoms with Gasteiger partial charge in [0.25, 0.3) is 0 Å². The molecule has 31 heavy (non-hydrogen) atoms. The van der Waals surface area contributed by atoms with Crippen LogP contribution in [0, 0.1) is 0 Å². The van der Waals surface area contributed by atoms with Crippen LogP contribution < -0.4 is 4.90 Å². The second-order valence-corrected chi connectivity index (χ2v) is 10.8. The molecular formula is C24H28N4O2S. The van der Waals surface area contributed by atoms with Crippen molar-refractivity contribution in [2.45, 2.75) is 50.1 Å². The van der Waals surface area contributed by atoms with Crippen LogP contribution in [0.5, 0.6) is 0 Å². The van der Waals surface area contributed by atoms with Gasteiger partial charge >= 0.3 is 0 Å². The third kappa shape index (κ3) is 4.38. The summed E-state index contributed by atoms with van der Waals surface area (Å²) in [5.74, 6) is 0. The fourth-order valence-electron chi connectivity index (χ4n) is 4.47. The zero-order valence-electron chi connectivity index (χ0n) is 17.5. The van der Waals surface area contributed by atoms with Crippen molar-refractivity contribution in [3.05, 3.63) is 83.9 Å². The number of anilines is 1. The smallest absolute Gasteiger partial charge is 0.217 e. The van der Waals surface area contributed by atoms with Crippen LogP contribution in [0.15, 0.2) is 67.1 Å². The van der Waals surface area contributed by atoms with Crippen molar-refractivity contribution in [1.29, 1.82) is 0 Å². The first-order chi connectivity index (χ1) is 15.1. The topological polar surface area (TPSA) is 69.3 Å². The van der Waals surface area contributed by atoms with Gasteiger partial charge in [-0.05, 0) is 42.9 Å². The molecule has 1 N–H and O–H groups in total. The molecule has 2 heterocycles. The first-order valence-corrected chi connectivity index (χ1v) is 12.5. The van der Waals surface area contributed by atoms with Gasteiger partial charge in [0.15, 0.2) is 0 Å². The van der Waals surface area contributed by atoms with Gasteiger partial charge in [0.1, 0.15) is 0 Å². The van der Waals surface area contributed by atoms with E-state index in [0.29, 0.717) is 19.6 Å². The third-order valence-electron chi connectivity index (χ3n) is 6.31. The van der Waals surface area contributed by atoms with Gasteiger partial charge in [-0.2, -0.15) is 4.31 Å². The van der Waals surface area contributed by atoms with E-state index in [9.17, 15) is 8.42 Å². The molecule has 6 nitrogen and oxygen atoms in total. The summed E-state index contributed by atoms with van der Waals surface area (Å²) in [6.45, 7) is 1.62. The lowest BCUT2D eigenvalue weighted by Crippen LogP contribution is -2.44. The van der Waals surface area contributed by atoms with Gasteiger partial charge < -0.3 is 9.88 Å². The minimum atomic E-state index is -3.27. The van der Waals surface area contributed by atoms with E-state index < -0.39 is 10.0 Å². The molecule has 162 valence electrons. The van der Waals surface area contributed by atoms with Crippen LogP contribution in [0.3, 0.4) is 0 Å². The SMILES string of the molecule is O=S(=O)(C1CC1)N1Cc2ccccc2N(Cc2cnc[nH]2)C(CCc2ccccc2)C1. The molecule has 1 atom stereocenters. The van der Waals surface area contributed by atoms with Gasteiger partial charge in [-0.15, -0.1) is 0 Å². The normalized spacial score (nSPS) is 19.7. The highest BCUT2D eigenvalue weighted by Gasteiger charge is 2.42.